The van der Waals surface area contributed by atoms with Crippen LogP contribution < -0.4 is 11.1 Å². The van der Waals surface area contributed by atoms with Crippen LogP contribution in [-0.4, -0.2) is 12.6 Å². The first-order valence-corrected chi connectivity index (χ1v) is 5.70. The van der Waals surface area contributed by atoms with Crippen LogP contribution in [0.1, 0.15) is 25.8 Å². The first-order valence-electron chi connectivity index (χ1n) is 5.70. The molecule has 0 aliphatic rings. The predicted molar refractivity (Wildman–Crippen MR) is 67.1 cm³/mol. The number of aryl methyl sites for hydroxylation is 1. The zero-order chi connectivity index (χ0) is 11.3. The molecule has 0 saturated heterocycles. The molecule has 0 amide bonds. The molecule has 0 aliphatic heterocycles. The summed E-state index contributed by atoms with van der Waals surface area (Å²) in [6, 6.07) is 8.80. The molecule has 0 fully saturated rings. The zero-order valence-electron chi connectivity index (χ0n) is 9.96. The number of rotatable bonds is 5. The van der Waals surface area contributed by atoms with Crippen LogP contribution in [0.25, 0.3) is 0 Å². The standard InChI is InChI=1S/C13H22N2/c1-4-11(3)13(9-14)15-12-7-5-6-10(2)8-12/h5-8,11,13,15H,4,9,14H2,1-3H3. The number of nitrogens with two attached hydrogens (primary N) is 1. The van der Waals surface area contributed by atoms with Crippen LogP contribution in [0.4, 0.5) is 5.69 Å². The number of anilines is 1. The first-order chi connectivity index (χ1) is 7.17. The number of hydrogen-bond acceptors (Lipinski definition) is 2. The van der Waals surface area contributed by atoms with Crippen LogP contribution >= 0.6 is 0 Å². The molecule has 3 N–H and O–H groups in total. The van der Waals surface area contributed by atoms with Crippen LogP contribution in [0.3, 0.4) is 0 Å². The van der Waals surface area contributed by atoms with Gasteiger partial charge in [0.05, 0.1) is 0 Å². The third-order valence-corrected chi connectivity index (χ3v) is 2.95. The molecule has 0 aliphatic carbocycles. The fourth-order valence-electron chi connectivity index (χ4n) is 1.67. The maximum atomic E-state index is 5.77. The van der Waals surface area contributed by atoms with Gasteiger partial charge in [0.15, 0.2) is 0 Å². The lowest BCUT2D eigenvalue weighted by atomic mass is 9.99. The summed E-state index contributed by atoms with van der Waals surface area (Å²) in [5.41, 5.74) is 8.22. The third kappa shape index (κ3) is 3.56. The van der Waals surface area contributed by atoms with Crippen molar-refractivity contribution in [3.8, 4) is 0 Å². The van der Waals surface area contributed by atoms with Gasteiger partial charge < -0.3 is 11.1 Å². The molecular weight excluding hydrogens is 184 g/mol. The summed E-state index contributed by atoms with van der Waals surface area (Å²) in [6.07, 6.45) is 1.15. The van der Waals surface area contributed by atoms with E-state index in [9.17, 15) is 0 Å². The maximum absolute atomic E-state index is 5.77. The maximum Gasteiger partial charge on any atom is 0.0409 e. The number of nitrogens with one attached hydrogen (secondary N) is 1. The van der Waals surface area contributed by atoms with Gasteiger partial charge in [-0.1, -0.05) is 32.4 Å². The average Bonchev–Trinajstić information content (AvgIpc) is 2.25. The first kappa shape index (κ1) is 12.1. The number of hydrogen-bond donors (Lipinski definition) is 2. The smallest absolute Gasteiger partial charge is 0.0409 e. The topological polar surface area (TPSA) is 38.0 Å². The van der Waals surface area contributed by atoms with Gasteiger partial charge in [-0.15, -0.1) is 0 Å². The summed E-state index contributed by atoms with van der Waals surface area (Å²) in [4.78, 5) is 0. The highest BCUT2D eigenvalue weighted by Crippen LogP contribution is 2.15. The van der Waals surface area contributed by atoms with Crippen LogP contribution in [0.15, 0.2) is 24.3 Å². The van der Waals surface area contributed by atoms with Crippen LogP contribution in [0.5, 0.6) is 0 Å². The molecule has 1 aromatic carbocycles. The monoisotopic (exact) mass is 206 g/mol. The van der Waals surface area contributed by atoms with E-state index in [1.165, 1.54) is 11.3 Å². The molecule has 2 atom stereocenters. The molecule has 84 valence electrons. The Balaban J connectivity index is 2.66. The Kier molecular flexibility index (Phi) is 4.63. The van der Waals surface area contributed by atoms with Crippen molar-refractivity contribution in [2.75, 3.05) is 11.9 Å². The largest absolute Gasteiger partial charge is 0.381 e. The van der Waals surface area contributed by atoms with Gasteiger partial charge in [0, 0.05) is 18.3 Å². The molecule has 0 bridgehead atoms. The minimum atomic E-state index is 0.372. The molecule has 15 heavy (non-hydrogen) atoms. The average molecular weight is 206 g/mol. The van der Waals surface area contributed by atoms with E-state index in [4.69, 9.17) is 5.73 Å². The summed E-state index contributed by atoms with van der Waals surface area (Å²) in [5.74, 6) is 0.607. The normalized spacial score (nSPS) is 14.7. The quantitative estimate of drug-likeness (QED) is 0.777. The Morgan fingerprint density at radius 2 is 2.13 bits per heavy atom. The molecule has 0 saturated carbocycles. The van der Waals surface area contributed by atoms with Crippen molar-refractivity contribution < 1.29 is 0 Å². The Bertz CT molecular complexity index is 296. The van der Waals surface area contributed by atoms with E-state index >= 15 is 0 Å². The SMILES string of the molecule is CCC(C)C(CN)Nc1cccc(C)c1. The summed E-state index contributed by atoms with van der Waals surface area (Å²) in [7, 11) is 0. The number of benzene rings is 1. The second-order valence-electron chi connectivity index (χ2n) is 4.24. The van der Waals surface area contributed by atoms with Gasteiger partial charge >= 0.3 is 0 Å². The highest BCUT2D eigenvalue weighted by atomic mass is 14.9. The van der Waals surface area contributed by atoms with Gasteiger partial charge in [-0.25, -0.2) is 0 Å². The van der Waals surface area contributed by atoms with Crippen molar-refractivity contribution in [1.82, 2.24) is 0 Å². The second-order valence-corrected chi connectivity index (χ2v) is 4.24. The molecule has 1 aromatic rings. The molecule has 2 unspecified atom stereocenters. The second kappa shape index (κ2) is 5.76. The molecule has 0 aromatic heterocycles. The van der Waals surface area contributed by atoms with Gasteiger partial charge in [0.2, 0.25) is 0 Å². The minimum Gasteiger partial charge on any atom is -0.381 e. The van der Waals surface area contributed by atoms with Gasteiger partial charge in [0.25, 0.3) is 0 Å². The highest BCUT2D eigenvalue weighted by Gasteiger charge is 2.13. The van der Waals surface area contributed by atoms with E-state index in [2.05, 4.69) is 50.4 Å². The van der Waals surface area contributed by atoms with E-state index < -0.39 is 0 Å². The molecule has 0 spiro atoms. The van der Waals surface area contributed by atoms with Crippen LogP contribution in [0.2, 0.25) is 0 Å². The lowest BCUT2D eigenvalue weighted by Gasteiger charge is -2.24. The molecule has 2 nitrogen and oxygen atoms in total. The Morgan fingerprint density at radius 1 is 1.40 bits per heavy atom. The zero-order valence-corrected chi connectivity index (χ0v) is 9.96. The summed E-state index contributed by atoms with van der Waals surface area (Å²) in [6.45, 7) is 7.22. The fourth-order valence-corrected chi connectivity index (χ4v) is 1.67. The van der Waals surface area contributed by atoms with Gasteiger partial charge in [-0.3, -0.25) is 0 Å². The molecule has 1 rings (SSSR count). The minimum absolute atomic E-state index is 0.372. The van der Waals surface area contributed by atoms with E-state index in [0.29, 0.717) is 18.5 Å². The predicted octanol–water partition coefficient (Wildman–Crippen LogP) is 2.78. The summed E-state index contributed by atoms with van der Waals surface area (Å²) in [5, 5.41) is 3.50. The van der Waals surface area contributed by atoms with Crippen LogP contribution in [0, 0.1) is 12.8 Å². The van der Waals surface area contributed by atoms with E-state index in [0.717, 1.165) is 6.42 Å². The van der Waals surface area contributed by atoms with Gasteiger partial charge in [0.1, 0.15) is 0 Å². The Hall–Kier alpha value is -1.02. The Labute approximate surface area is 92.9 Å². The lowest BCUT2D eigenvalue weighted by Crippen LogP contribution is -2.34. The van der Waals surface area contributed by atoms with Crippen molar-refractivity contribution in [2.45, 2.75) is 33.2 Å². The van der Waals surface area contributed by atoms with Crippen molar-refractivity contribution in [1.29, 1.82) is 0 Å². The summed E-state index contributed by atoms with van der Waals surface area (Å²) >= 11 is 0. The Morgan fingerprint density at radius 3 is 2.67 bits per heavy atom. The van der Waals surface area contributed by atoms with Crippen molar-refractivity contribution in [3.05, 3.63) is 29.8 Å². The molecule has 0 heterocycles. The molecular formula is C13H22N2. The van der Waals surface area contributed by atoms with E-state index in [1.807, 2.05) is 0 Å². The third-order valence-electron chi connectivity index (χ3n) is 2.95. The van der Waals surface area contributed by atoms with E-state index in [-0.39, 0.29) is 0 Å². The van der Waals surface area contributed by atoms with Crippen LogP contribution in [-0.2, 0) is 0 Å². The molecule has 2 heteroatoms. The molecule has 0 radical (unpaired) electrons. The summed E-state index contributed by atoms with van der Waals surface area (Å²) < 4.78 is 0. The van der Waals surface area contributed by atoms with Crippen molar-refractivity contribution in [3.63, 3.8) is 0 Å². The van der Waals surface area contributed by atoms with E-state index in [1.54, 1.807) is 0 Å². The van der Waals surface area contributed by atoms with Gasteiger partial charge in [-0.05, 0) is 30.5 Å². The lowest BCUT2D eigenvalue weighted by molar-refractivity contribution is 0.474. The van der Waals surface area contributed by atoms with Crippen molar-refractivity contribution >= 4 is 5.69 Å². The van der Waals surface area contributed by atoms with Gasteiger partial charge in [-0.2, -0.15) is 0 Å². The highest BCUT2D eigenvalue weighted by molar-refractivity contribution is 5.46. The van der Waals surface area contributed by atoms with Crippen molar-refractivity contribution in [2.24, 2.45) is 11.7 Å². The fraction of sp³-hybridized carbons (Fsp3) is 0.538.